The molecule has 0 aliphatic heterocycles. The van der Waals surface area contributed by atoms with E-state index in [1.54, 1.807) is 6.21 Å². The third-order valence-electron chi connectivity index (χ3n) is 3.92. The fourth-order valence-electron chi connectivity index (χ4n) is 2.59. The molecule has 0 saturated carbocycles. The Labute approximate surface area is 167 Å². The molecule has 2 atom stereocenters. The van der Waals surface area contributed by atoms with Gasteiger partial charge in [-0.3, -0.25) is 4.21 Å². The first kappa shape index (κ1) is 19.1. The van der Waals surface area contributed by atoms with Crippen LogP contribution in [0.4, 0.5) is 5.69 Å². The van der Waals surface area contributed by atoms with Crippen molar-refractivity contribution in [3.05, 3.63) is 102 Å². The smallest absolute Gasteiger partial charge is 0.196 e. The van der Waals surface area contributed by atoms with E-state index in [1.165, 1.54) is 0 Å². The third-order valence-corrected chi connectivity index (χ3v) is 5.70. The minimum absolute atomic E-state index is 0.332. The second-order valence-electron chi connectivity index (χ2n) is 5.92. The summed E-state index contributed by atoms with van der Waals surface area (Å²) in [6.07, 6.45) is 1.69. The number of aliphatic imine (C=N–C) groups is 1. The summed E-state index contributed by atoms with van der Waals surface area (Å²) in [4.78, 5) is 4.36. The molecule has 0 spiro atoms. The van der Waals surface area contributed by atoms with Gasteiger partial charge in [0, 0.05) is 28.5 Å². The van der Waals surface area contributed by atoms with Crippen LogP contribution in [0.25, 0.3) is 0 Å². The maximum Gasteiger partial charge on any atom is 0.196 e. The molecule has 1 N–H and O–H groups in total. The van der Waals surface area contributed by atoms with Crippen LogP contribution in [0.5, 0.6) is 0 Å². The van der Waals surface area contributed by atoms with E-state index in [-0.39, 0.29) is 5.25 Å². The molecule has 0 radical (unpaired) electrons. The SMILES string of the molecule is O=S(Cc1ccccc1)C(C=NC(=S)Nc1ccccc1)c1ccccc1. The number of hydrogen-bond donors (Lipinski definition) is 1. The number of benzene rings is 3. The highest BCUT2D eigenvalue weighted by Gasteiger charge is 2.17. The molecule has 0 aromatic heterocycles. The van der Waals surface area contributed by atoms with Gasteiger partial charge in [0.2, 0.25) is 0 Å². The summed E-state index contributed by atoms with van der Waals surface area (Å²) in [6.45, 7) is 0. The molecular formula is C22H20N2OS2. The van der Waals surface area contributed by atoms with Gasteiger partial charge in [0.25, 0.3) is 0 Å². The van der Waals surface area contributed by atoms with Crippen molar-refractivity contribution in [2.75, 3.05) is 5.32 Å². The van der Waals surface area contributed by atoms with Crippen molar-refractivity contribution >= 4 is 40.0 Å². The van der Waals surface area contributed by atoms with Gasteiger partial charge in [0.15, 0.2) is 5.11 Å². The number of rotatable bonds is 6. The highest BCUT2D eigenvalue weighted by atomic mass is 32.2. The van der Waals surface area contributed by atoms with Gasteiger partial charge in [-0.25, -0.2) is 4.99 Å². The molecule has 0 amide bonds. The van der Waals surface area contributed by atoms with Crippen LogP contribution in [-0.2, 0) is 16.6 Å². The average molecular weight is 393 g/mol. The van der Waals surface area contributed by atoms with Crippen molar-refractivity contribution in [1.82, 2.24) is 0 Å². The Bertz CT molecular complexity index is 913. The summed E-state index contributed by atoms with van der Waals surface area (Å²) in [5.41, 5.74) is 2.87. The minimum atomic E-state index is -1.16. The molecule has 136 valence electrons. The number of nitrogens with one attached hydrogen (secondary N) is 1. The minimum Gasteiger partial charge on any atom is -0.331 e. The van der Waals surface area contributed by atoms with Crippen molar-refractivity contribution in [3.63, 3.8) is 0 Å². The lowest BCUT2D eigenvalue weighted by molar-refractivity contribution is 0.680. The molecular weight excluding hydrogens is 372 g/mol. The summed E-state index contributed by atoms with van der Waals surface area (Å²) in [7, 11) is -1.16. The Kier molecular flexibility index (Phi) is 7.02. The number of thiocarbonyl (C=S) groups is 1. The average Bonchev–Trinajstić information content (AvgIpc) is 2.70. The first-order valence-electron chi connectivity index (χ1n) is 8.58. The maximum atomic E-state index is 13.0. The first-order valence-corrected chi connectivity index (χ1v) is 10.4. The fraction of sp³-hybridized carbons (Fsp3) is 0.0909. The lowest BCUT2D eigenvalue weighted by atomic mass is 10.2. The molecule has 3 rings (SSSR count). The van der Waals surface area contributed by atoms with Crippen molar-refractivity contribution in [3.8, 4) is 0 Å². The molecule has 0 fully saturated rings. The van der Waals surface area contributed by atoms with Crippen LogP contribution in [-0.4, -0.2) is 15.5 Å². The number of hydrogen-bond acceptors (Lipinski definition) is 2. The van der Waals surface area contributed by atoms with E-state index in [1.807, 2.05) is 91.0 Å². The standard InChI is InChI=1S/C22H20N2OS2/c25-27(17-18-10-4-1-5-11-18)21(19-12-6-2-7-13-19)16-23-22(26)24-20-14-8-3-9-15-20/h1-16,21H,17H2,(H,24,26). The van der Waals surface area contributed by atoms with Crippen LogP contribution >= 0.6 is 12.2 Å². The van der Waals surface area contributed by atoms with Crippen LogP contribution in [0.1, 0.15) is 16.4 Å². The summed E-state index contributed by atoms with van der Waals surface area (Å²) in [5, 5.41) is 3.09. The Balaban J connectivity index is 1.76. The molecule has 3 nitrogen and oxygen atoms in total. The lowest BCUT2D eigenvalue weighted by Gasteiger charge is -2.13. The zero-order valence-corrected chi connectivity index (χ0v) is 16.3. The number of nitrogens with zero attached hydrogens (tertiary/aromatic N) is 1. The first-order chi connectivity index (χ1) is 13.2. The topological polar surface area (TPSA) is 41.5 Å². The molecule has 0 saturated heterocycles. The van der Waals surface area contributed by atoms with Gasteiger partial charge in [0.1, 0.15) is 0 Å². The summed E-state index contributed by atoms with van der Waals surface area (Å²) in [6, 6.07) is 29.2. The molecule has 5 heteroatoms. The van der Waals surface area contributed by atoms with Crippen molar-refractivity contribution < 1.29 is 4.21 Å². The Morgan fingerprint density at radius 1 is 0.926 bits per heavy atom. The molecule has 0 aliphatic carbocycles. The van der Waals surface area contributed by atoms with Gasteiger partial charge in [-0.15, -0.1) is 0 Å². The van der Waals surface area contributed by atoms with Gasteiger partial charge in [-0.05, 0) is 35.5 Å². The van der Waals surface area contributed by atoms with Crippen LogP contribution in [0.15, 0.2) is 96.0 Å². The van der Waals surface area contributed by atoms with Gasteiger partial charge in [-0.2, -0.15) is 0 Å². The van der Waals surface area contributed by atoms with Crippen molar-refractivity contribution in [2.24, 2.45) is 4.99 Å². The monoisotopic (exact) mass is 392 g/mol. The van der Waals surface area contributed by atoms with Crippen LogP contribution in [0.3, 0.4) is 0 Å². The second kappa shape index (κ2) is 9.90. The van der Waals surface area contributed by atoms with E-state index in [4.69, 9.17) is 12.2 Å². The zero-order valence-electron chi connectivity index (χ0n) is 14.7. The van der Waals surface area contributed by atoms with E-state index in [2.05, 4.69) is 10.3 Å². The van der Waals surface area contributed by atoms with E-state index in [9.17, 15) is 4.21 Å². The van der Waals surface area contributed by atoms with E-state index >= 15 is 0 Å². The Hall–Kier alpha value is -2.63. The quantitative estimate of drug-likeness (QED) is 0.466. The van der Waals surface area contributed by atoms with Crippen molar-refractivity contribution in [2.45, 2.75) is 11.0 Å². The van der Waals surface area contributed by atoms with Gasteiger partial charge in [0.05, 0.1) is 5.25 Å². The summed E-state index contributed by atoms with van der Waals surface area (Å²) < 4.78 is 13.0. The maximum absolute atomic E-state index is 13.0. The van der Waals surface area contributed by atoms with Gasteiger partial charge in [-0.1, -0.05) is 78.9 Å². The van der Waals surface area contributed by atoms with Crippen molar-refractivity contribution in [1.29, 1.82) is 0 Å². The fourth-order valence-corrected chi connectivity index (χ4v) is 4.13. The van der Waals surface area contributed by atoms with Gasteiger partial charge < -0.3 is 5.32 Å². The molecule has 0 bridgehead atoms. The predicted octanol–water partition coefficient (Wildman–Crippen LogP) is 5.14. The van der Waals surface area contributed by atoms with Gasteiger partial charge >= 0.3 is 0 Å². The van der Waals surface area contributed by atoms with E-state index < -0.39 is 10.8 Å². The number of anilines is 1. The normalized spacial score (nSPS) is 13.2. The van der Waals surface area contributed by atoms with Crippen LogP contribution in [0, 0.1) is 0 Å². The largest absolute Gasteiger partial charge is 0.331 e. The highest BCUT2D eigenvalue weighted by molar-refractivity contribution is 7.85. The van der Waals surface area contributed by atoms with Crippen LogP contribution in [0.2, 0.25) is 0 Å². The predicted molar refractivity (Wildman–Crippen MR) is 119 cm³/mol. The van der Waals surface area contributed by atoms with E-state index in [0.717, 1.165) is 16.8 Å². The lowest BCUT2D eigenvalue weighted by Crippen LogP contribution is -2.13. The Morgan fingerprint density at radius 2 is 1.48 bits per heavy atom. The third kappa shape index (κ3) is 5.94. The molecule has 27 heavy (non-hydrogen) atoms. The van der Waals surface area contributed by atoms with Crippen LogP contribution < -0.4 is 5.32 Å². The Morgan fingerprint density at radius 3 is 2.11 bits per heavy atom. The molecule has 3 aromatic rings. The summed E-state index contributed by atoms with van der Waals surface area (Å²) >= 11 is 5.31. The zero-order chi connectivity index (χ0) is 18.9. The summed E-state index contributed by atoms with van der Waals surface area (Å²) in [5.74, 6) is 0.464. The molecule has 0 heterocycles. The van der Waals surface area contributed by atoms with E-state index in [0.29, 0.717) is 10.9 Å². The molecule has 0 aliphatic rings. The number of para-hydroxylation sites is 1. The molecule has 3 aromatic carbocycles. The molecule has 2 unspecified atom stereocenters. The highest BCUT2D eigenvalue weighted by Crippen LogP contribution is 2.21. The second-order valence-corrected chi connectivity index (χ2v) is 7.86.